The van der Waals surface area contributed by atoms with E-state index >= 15 is 0 Å². The third-order valence-electron chi connectivity index (χ3n) is 3.56. The van der Waals surface area contributed by atoms with E-state index in [9.17, 15) is 0 Å². The molecule has 2 aromatic rings. The monoisotopic (exact) mass is 346 g/mol. The minimum atomic E-state index is 0.178. The average molecular weight is 347 g/mol. The summed E-state index contributed by atoms with van der Waals surface area (Å²) in [5.74, 6) is 0.949. The number of ether oxygens (including phenoxy) is 1. The van der Waals surface area contributed by atoms with Crippen LogP contribution in [0.25, 0.3) is 0 Å². The van der Waals surface area contributed by atoms with E-state index in [4.69, 9.17) is 4.74 Å². The summed E-state index contributed by atoms with van der Waals surface area (Å²) in [4.78, 5) is 2.29. The summed E-state index contributed by atoms with van der Waals surface area (Å²) in [6, 6.07) is 16.5. The molecule has 110 valence electrons. The molecule has 2 aromatic carbocycles. The molecular formula is C17H19BrN2O. The lowest BCUT2D eigenvalue weighted by Crippen LogP contribution is -2.40. The average Bonchev–Trinajstić information content (AvgIpc) is 2.47. The lowest BCUT2D eigenvalue weighted by Gasteiger charge is -2.30. The van der Waals surface area contributed by atoms with Gasteiger partial charge in [-0.05, 0) is 36.9 Å². The first kappa shape index (κ1) is 14.4. The van der Waals surface area contributed by atoms with Gasteiger partial charge in [0, 0.05) is 17.6 Å². The Morgan fingerprint density at radius 1 is 1.24 bits per heavy atom. The number of nitrogens with zero attached hydrogens (tertiary/aromatic N) is 1. The largest absolute Gasteiger partial charge is 0.485 e. The summed E-state index contributed by atoms with van der Waals surface area (Å²) in [7, 11) is 2.13. The molecule has 0 spiro atoms. The summed E-state index contributed by atoms with van der Waals surface area (Å²) in [5, 5.41) is 3.43. The third kappa shape index (κ3) is 3.77. The molecule has 0 bridgehead atoms. The van der Waals surface area contributed by atoms with Crippen LogP contribution in [0.3, 0.4) is 0 Å². The third-order valence-corrected chi connectivity index (χ3v) is 4.05. The first-order chi connectivity index (χ1) is 10.2. The summed E-state index contributed by atoms with van der Waals surface area (Å²) >= 11 is 3.52. The first-order valence-corrected chi connectivity index (χ1v) is 7.92. The Kier molecular flexibility index (Phi) is 4.46. The molecule has 0 radical (unpaired) electrons. The second kappa shape index (κ2) is 6.50. The molecule has 0 fully saturated rings. The van der Waals surface area contributed by atoms with Crippen LogP contribution in [0.4, 0.5) is 5.69 Å². The van der Waals surface area contributed by atoms with Crippen LogP contribution < -0.4 is 10.1 Å². The molecule has 3 nitrogen and oxygen atoms in total. The zero-order valence-electron chi connectivity index (χ0n) is 12.1. The fourth-order valence-electron chi connectivity index (χ4n) is 2.62. The van der Waals surface area contributed by atoms with Crippen molar-refractivity contribution < 1.29 is 4.74 Å². The highest BCUT2D eigenvalue weighted by molar-refractivity contribution is 9.10. The second-order valence-corrected chi connectivity index (χ2v) is 6.36. The number of fused-ring (bicyclic) bond motifs is 1. The number of rotatable bonds is 4. The molecule has 1 heterocycles. The fraction of sp³-hybridized carbons (Fsp3) is 0.294. The molecule has 1 unspecified atom stereocenters. The number of benzene rings is 2. The molecule has 1 N–H and O–H groups in total. The predicted molar refractivity (Wildman–Crippen MR) is 89.8 cm³/mol. The Balaban J connectivity index is 1.57. The smallest absolute Gasteiger partial charge is 0.142 e. The Morgan fingerprint density at radius 2 is 2.10 bits per heavy atom. The Morgan fingerprint density at radius 3 is 2.95 bits per heavy atom. The molecule has 0 saturated carbocycles. The van der Waals surface area contributed by atoms with Gasteiger partial charge in [-0.2, -0.15) is 0 Å². The highest BCUT2D eigenvalue weighted by Gasteiger charge is 2.20. The molecule has 0 aromatic heterocycles. The van der Waals surface area contributed by atoms with E-state index in [1.807, 2.05) is 18.2 Å². The van der Waals surface area contributed by atoms with Crippen molar-refractivity contribution in [2.45, 2.75) is 12.6 Å². The highest BCUT2D eigenvalue weighted by atomic mass is 79.9. The van der Waals surface area contributed by atoms with E-state index in [1.165, 1.54) is 5.56 Å². The van der Waals surface area contributed by atoms with Crippen LogP contribution in [0.1, 0.15) is 5.56 Å². The van der Waals surface area contributed by atoms with Gasteiger partial charge in [-0.1, -0.05) is 40.2 Å². The van der Waals surface area contributed by atoms with Crippen molar-refractivity contribution in [2.75, 3.05) is 25.5 Å². The highest BCUT2D eigenvalue weighted by Crippen LogP contribution is 2.28. The van der Waals surface area contributed by atoms with Crippen molar-refractivity contribution in [3.05, 3.63) is 58.6 Å². The van der Waals surface area contributed by atoms with E-state index in [0.29, 0.717) is 0 Å². The number of anilines is 1. The standard InChI is InChI=1S/C17H19BrN2O/c1-20(11-13-5-4-6-14(18)9-13)12-15-10-19-16-7-2-3-8-17(16)21-15/h2-9,15,19H,10-12H2,1H3. The molecule has 0 aliphatic carbocycles. The molecule has 4 heteroatoms. The van der Waals surface area contributed by atoms with Gasteiger partial charge in [0.2, 0.25) is 0 Å². The molecule has 21 heavy (non-hydrogen) atoms. The molecule has 3 rings (SSSR count). The van der Waals surface area contributed by atoms with Crippen molar-refractivity contribution in [2.24, 2.45) is 0 Å². The fourth-order valence-corrected chi connectivity index (χ4v) is 3.07. The van der Waals surface area contributed by atoms with E-state index in [1.54, 1.807) is 0 Å². The van der Waals surface area contributed by atoms with Gasteiger partial charge in [-0.3, -0.25) is 4.90 Å². The van der Waals surface area contributed by atoms with Crippen LogP contribution in [0.15, 0.2) is 53.0 Å². The van der Waals surface area contributed by atoms with Crippen molar-refractivity contribution >= 4 is 21.6 Å². The van der Waals surface area contributed by atoms with Gasteiger partial charge >= 0.3 is 0 Å². The molecule has 0 amide bonds. The molecule has 1 aliphatic rings. The second-order valence-electron chi connectivity index (χ2n) is 5.44. The summed E-state index contributed by atoms with van der Waals surface area (Å²) in [6.45, 7) is 2.66. The number of likely N-dealkylation sites (N-methyl/N-ethyl adjacent to an activating group) is 1. The zero-order chi connectivity index (χ0) is 14.7. The molecule has 1 atom stereocenters. The van der Waals surface area contributed by atoms with Gasteiger partial charge < -0.3 is 10.1 Å². The Labute approximate surface area is 134 Å². The van der Waals surface area contributed by atoms with Crippen molar-refractivity contribution in [3.63, 3.8) is 0 Å². The Bertz CT molecular complexity index is 617. The van der Waals surface area contributed by atoms with Crippen LogP contribution in [-0.2, 0) is 6.54 Å². The summed E-state index contributed by atoms with van der Waals surface area (Å²) < 4.78 is 7.17. The summed E-state index contributed by atoms with van der Waals surface area (Å²) in [6.07, 6.45) is 0.178. The van der Waals surface area contributed by atoms with E-state index in [0.717, 1.165) is 35.5 Å². The van der Waals surface area contributed by atoms with Gasteiger partial charge in [0.15, 0.2) is 0 Å². The maximum absolute atomic E-state index is 6.05. The maximum Gasteiger partial charge on any atom is 0.142 e. The Hall–Kier alpha value is -1.52. The number of hydrogen-bond acceptors (Lipinski definition) is 3. The van der Waals surface area contributed by atoms with Crippen LogP contribution in [-0.4, -0.2) is 31.1 Å². The van der Waals surface area contributed by atoms with E-state index in [2.05, 4.69) is 63.5 Å². The first-order valence-electron chi connectivity index (χ1n) is 7.13. The normalized spacial score (nSPS) is 17.0. The minimum Gasteiger partial charge on any atom is -0.485 e. The van der Waals surface area contributed by atoms with Crippen molar-refractivity contribution in [3.8, 4) is 5.75 Å². The lowest BCUT2D eigenvalue weighted by atomic mass is 10.2. The van der Waals surface area contributed by atoms with E-state index in [-0.39, 0.29) is 6.10 Å². The quantitative estimate of drug-likeness (QED) is 0.912. The van der Waals surface area contributed by atoms with Crippen LogP contribution in [0.2, 0.25) is 0 Å². The van der Waals surface area contributed by atoms with Gasteiger partial charge in [-0.15, -0.1) is 0 Å². The zero-order valence-corrected chi connectivity index (χ0v) is 13.6. The minimum absolute atomic E-state index is 0.178. The number of halogens is 1. The van der Waals surface area contributed by atoms with E-state index < -0.39 is 0 Å². The van der Waals surface area contributed by atoms with Crippen LogP contribution >= 0.6 is 15.9 Å². The van der Waals surface area contributed by atoms with Crippen molar-refractivity contribution in [1.29, 1.82) is 0 Å². The van der Waals surface area contributed by atoms with Gasteiger partial charge in [0.05, 0.1) is 12.2 Å². The predicted octanol–water partition coefficient (Wildman–Crippen LogP) is 3.75. The maximum atomic E-state index is 6.05. The van der Waals surface area contributed by atoms with Gasteiger partial charge in [-0.25, -0.2) is 0 Å². The van der Waals surface area contributed by atoms with Gasteiger partial charge in [0.1, 0.15) is 11.9 Å². The number of para-hydroxylation sites is 2. The molecular weight excluding hydrogens is 328 g/mol. The van der Waals surface area contributed by atoms with Crippen LogP contribution in [0.5, 0.6) is 5.75 Å². The molecule has 0 saturated heterocycles. The van der Waals surface area contributed by atoms with Crippen LogP contribution in [0, 0.1) is 0 Å². The SMILES string of the molecule is CN(Cc1cccc(Br)c1)CC1CNc2ccccc2O1. The molecule has 1 aliphatic heterocycles. The van der Waals surface area contributed by atoms with Gasteiger partial charge in [0.25, 0.3) is 0 Å². The number of nitrogens with one attached hydrogen (secondary N) is 1. The number of hydrogen-bond donors (Lipinski definition) is 1. The topological polar surface area (TPSA) is 24.5 Å². The summed E-state index contributed by atoms with van der Waals surface area (Å²) in [5.41, 5.74) is 2.39. The lowest BCUT2D eigenvalue weighted by molar-refractivity contribution is 0.148. The van der Waals surface area contributed by atoms with Crippen molar-refractivity contribution in [1.82, 2.24) is 4.90 Å².